The van der Waals surface area contributed by atoms with Gasteiger partial charge in [-0.2, -0.15) is 0 Å². The average molecular weight is 345 g/mol. The number of nitrogens with one attached hydrogen (secondary N) is 2. The van der Waals surface area contributed by atoms with Gasteiger partial charge in [0.05, 0.1) is 6.33 Å². The molecule has 0 unspecified atom stereocenters. The van der Waals surface area contributed by atoms with Gasteiger partial charge < -0.3 is 15.2 Å². The maximum atomic E-state index is 11.6. The van der Waals surface area contributed by atoms with Crippen molar-refractivity contribution in [3.05, 3.63) is 54.1 Å². The number of nitrogens with zero attached hydrogens (tertiary/aromatic N) is 2. The summed E-state index contributed by atoms with van der Waals surface area (Å²) in [7, 11) is 1.84. The molecule has 0 fully saturated rings. The lowest BCUT2D eigenvalue weighted by Crippen LogP contribution is -2.26. The number of aromatic nitrogens is 2. The maximum absolute atomic E-state index is 11.6. The van der Waals surface area contributed by atoms with Gasteiger partial charge >= 0.3 is 0 Å². The molecule has 2 rings (SSSR count). The van der Waals surface area contributed by atoms with E-state index in [2.05, 4.69) is 27.8 Å². The molecular formula is C15H22Cl2N4O. The van der Waals surface area contributed by atoms with E-state index in [-0.39, 0.29) is 30.7 Å². The van der Waals surface area contributed by atoms with Crippen molar-refractivity contribution in [2.45, 2.75) is 19.5 Å². The highest BCUT2D eigenvalue weighted by atomic mass is 35.5. The lowest BCUT2D eigenvalue weighted by atomic mass is 10.1. The highest BCUT2D eigenvalue weighted by molar-refractivity contribution is 5.85. The smallest absolute Gasteiger partial charge is 0.221 e. The van der Waals surface area contributed by atoms with Gasteiger partial charge in [0.15, 0.2) is 0 Å². The Kier molecular flexibility index (Phi) is 10.3. The van der Waals surface area contributed by atoms with E-state index in [0.29, 0.717) is 19.5 Å². The van der Waals surface area contributed by atoms with E-state index in [0.717, 1.165) is 12.1 Å². The van der Waals surface area contributed by atoms with Gasteiger partial charge in [-0.15, -0.1) is 24.8 Å². The fraction of sp³-hybridized carbons (Fsp3) is 0.333. The summed E-state index contributed by atoms with van der Waals surface area (Å²) < 4.78 is 2.02. The van der Waals surface area contributed by atoms with E-state index in [9.17, 15) is 4.79 Å². The first-order valence-corrected chi connectivity index (χ1v) is 6.73. The molecule has 0 aliphatic carbocycles. The zero-order valence-electron chi connectivity index (χ0n) is 12.5. The molecule has 7 heteroatoms. The number of hydrogen-bond donors (Lipinski definition) is 2. The van der Waals surface area contributed by atoms with E-state index in [1.807, 2.05) is 29.9 Å². The zero-order valence-corrected chi connectivity index (χ0v) is 14.1. The summed E-state index contributed by atoms with van der Waals surface area (Å²) in [4.78, 5) is 15.6. The Morgan fingerprint density at radius 2 is 2.05 bits per heavy atom. The van der Waals surface area contributed by atoms with Crippen molar-refractivity contribution >= 4 is 30.7 Å². The van der Waals surface area contributed by atoms with Gasteiger partial charge in [0.25, 0.3) is 0 Å². The third kappa shape index (κ3) is 6.93. The summed E-state index contributed by atoms with van der Waals surface area (Å²) in [6.45, 7) is 2.06. The Balaban J connectivity index is 0.00000220. The minimum Gasteiger partial charge on any atom is -0.352 e. The molecule has 0 aliphatic rings. The summed E-state index contributed by atoms with van der Waals surface area (Å²) in [5.41, 5.74) is 2.31. The van der Waals surface area contributed by atoms with Crippen LogP contribution in [0, 0.1) is 0 Å². The molecule has 22 heavy (non-hydrogen) atoms. The van der Waals surface area contributed by atoms with Crippen molar-refractivity contribution in [1.29, 1.82) is 0 Å². The lowest BCUT2D eigenvalue weighted by Gasteiger charge is -2.08. The summed E-state index contributed by atoms with van der Waals surface area (Å²) in [6, 6.07) is 8.22. The van der Waals surface area contributed by atoms with Crippen molar-refractivity contribution < 1.29 is 4.79 Å². The van der Waals surface area contributed by atoms with Crippen LogP contribution in [-0.4, -0.2) is 29.1 Å². The van der Waals surface area contributed by atoms with E-state index >= 15 is 0 Å². The fourth-order valence-electron chi connectivity index (χ4n) is 1.96. The number of hydrogen-bond acceptors (Lipinski definition) is 3. The lowest BCUT2D eigenvalue weighted by molar-refractivity contribution is -0.121. The quantitative estimate of drug-likeness (QED) is 0.807. The molecule has 0 atom stereocenters. The second-order valence-corrected chi connectivity index (χ2v) is 4.69. The van der Waals surface area contributed by atoms with E-state index in [1.165, 1.54) is 5.56 Å². The highest BCUT2D eigenvalue weighted by Crippen LogP contribution is 2.07. The number of benzene rings is 1. The van der Waals surface area contributed by atoms with Gasteiger partial charge in [-0.3, -0.25) is 4.79 Å². The molecule has 0 spiro atoms. The van der Waals surface area contributed by atoms with Crippen LogP contribution in [0.15, 0.2) is 43.0 Å². The van der Waals surface area contributed by atoms with Crippen molar-refractivity contribution in [2.75, 3.05) is 13.6 Å². The van der Waals surface area contributed by atoms with E-state index < -0.39 is 0 Å². The van der Waals surface area contributed by atoms with Crippen molar-refractivity contribution in [3.63, 3.8) is 0 Å². The molecule has 0 bridgehead atoms. The number of halogens is 2. The Morgan fingerprint density at radius 3 is 2.73 bits per heavy atom. The minimum atomic E-state index is 0. The van der Waals surface area contributed by atoms with Crippen LogP contribution in [-0.2, 0) is 17.9 Å². The molecule has 0 saturated heterocycles. The molecule has 2 aromatic rings. The van der Waals surface area contributed by atoms with Gasteiger partial charge in [0.2, 0.25) is 5.91 Å². The number of carbonyl (C=O) groups excluding carboxylic acids is 1. The summed E-state index contributed by atoms with van der Waals surface area (Å²) in [6.07, 6.45) is 6.01. The molecule has 122 valence electrons. The van der Waals surface area contributed by atoms with Crippen LogP contribution in [0.5, 0.6) is 0 Å². The van der Waals surface area contributed by atoms with Gasteiger partial charge in [-0.1, -0.05) is 24.3 Å². The number of imidazole rings is 1. The van der Waals surface area contributed by atoms with Crippen LogP contribution in [0.4, 0.5) is 0 Å². The Bertz CT molecular complexity index is 546. The topological polar surface area (TPSA) is 59.0 Å². The standard InChI is InChI=1S/C15H20N4O.2ClH/c1-16-6-5-15(20)18-10-13-3-2-4-14(9-13)11-19-8-7-17-12-19;;/h2-4,7-9,12,16H,5-6,10-11H2,1H3,(H,18,20);2*1H. The van der Waals surface area contributed by atoms with Gasteiger partial charge in [0.1, 0.15) is 0 Å². The van der Waals surface area contributed by atoms with Crippen molar-refractivity contribution in [2.24, 2.45) is 0 Å². The minimum absolute atomic E-state index is 0. The fourth-order valence-corrected chi connectivity index (χ4v) is 1.96. The summed E-state index contributed by atoms with van der Waals surface area (Å²) >= 11 is 0. The summed E-state index contributed by atoms with van der Waals surface area (Å²) in [5, 5.41) is 5.88. The van der Waals surface area contributed by atoms with Crippen LogP contribution >= 0.6 is 24.8 Å². The number of rotatable bonds is 7. The molecule has 1 amide bonds. The SMILES string of the molecule is CNCCC(=O)NCc1cccc(Cn2ccnc2)c1.Cl.Cl. The predicted octanol–water partition coefficient (Wildman–Crippen LogP) is 2.00. The van der Waals surface area contributed by atoms with Crippen molar-refractivity contribution in [1.82, 2.24) is 20.2 Å². The molecule has 0 radical (unpaired) electrons. The first-order chi connectivity index (χ1) is 9.78. The maximum Gasteiger partial charge on any atom is 0.221 e. The predicted molar refractivity (Wildman–Crippen MR) is 92.7 cm³/mol. The van der Waals surface area contributed by atoms with Crippen LogP contribution < -0.4 is 10.6 Å². The molecule has 1 aromatic carbocycles. The Morgan fingerprint density at radius 1 is 1.27 bits per heavy atom. The zero-order chi connectivity index (χ0) is 14.2. The first-order valence-electron chi connectivity index (χ1n) is 6.73. The highest BCUT2D eigenvalue weighted by Gasteiger charge is 2.01. The van der Waals surface area contributed by atoms with Gasteiger partial charge in [0, 0.05) is 38.4 Å². The molecule has 0 aliphatic heterocycles. The normalized spacial score (nSPS) is 9.50. The van der Waals surface area contributed by atoms with Crippen LogP contribution in [0.25, 0.3) is 0 Å². The van der Waals surface area contributed by atoms with Crippen LogP contribution in [0.1, 0.15) is 17.5 Å². The van der Waals surface area contributed by atoms with E-state index in [4.69, 9.17) is 0 Å². The largest absolute Gasteiger partial charge is 0.352 e. The first kappa shape index (κ1) is 20.4. The molecule has 0 saturated carbocycles. The summed E-state index contributed by atoms with van der Waals surface area (Å²) in [5.74, 6) is 0.0689. The van der Waals surface area contributed by atoms with Crippen LogP contribution in [0.2, 0.25) is 0 Å². The molecular weight excluding hydrogens is 323 g/mol. The molecule has 1 aromatic heterocycles. The molecule has 2 N–H and O–H groups in total. The second kappa shape index (κ2) is 11.1. The average Bonchev–Trinajstić information content (AvgIpc) is 2.96. The van der Waals surface area contributed by atoms with Gasteiger partial charge in [-0.05, 0) is 18.2 Å². The van der Waals surface area contributed by atoms with Crippen molar-refractivity contribution in [3.8, 4) is 0 Å². The Hall–Kier alpha value is -1.56. The molecule has 1 heterocycles. The number of amides is 1. The number of carbonyl (C=O) groups is 1. The Labute approximate surface area is 143 Å². The second-order valence-electron chi connectivity index (χ2n) is 4.69. The van der Waals surface area contributed by atoms with Crippen LogP contribution in [0.3, 0.4) is 0 Å². The van der Waals surface area contributed by atoms with Gasteiger partial charge in [-0.25, -0.2) is 4.98 Å². The van der Waals surface area contributed by atoms with E-state index in [1.54, 1.807) is 12.5 Å². The molecule has 5 nitrogen and oxygen atoms in total. The monoisotopic (exact) mass is 344 g/mol. The third-order valence-corrected chi connectivity index (χ3v) is 3.01. The third-order valence-electron chi connectivity index (χ3n) is 3.01.